The first-order valence-electron chi connectivity index (χ1n) is 16.8. The monoisotopic (exact) mass is 670 g/mol. The molecule has 1 N–H and O–H groups in total. The van der Waals surface area contributed by atoms with Gasteiger partial charge in [-0.05, 0) is 55.5 Å². The van der Waals surface area contributed by atoms with Crippen LogP contribution in [0.5, 0.6) is 0 Å². The van der Waals surface area contributed by atoms with Crippen LogP contribution in [0.15, 0.2) is 78.9 Å². The summed E-state index contributed by atoms with van der Waals surface area (Å²) in [6.45, 7) is 10.6. The number of nitrogens with zero attached hydrogens (tertiary/aromatic N) is 1. The number of nitrogens with one attached hydrogen (secondary N) is 1. The van der Waals surface area contributed by atoms with E-state index in [1.54, 1.807) is 13.8 Å². The van der Waals surface area contributed by atoms with Crippen LogP contribution in [-0.4, -0.2) is 71.9 Å². The second-order valence-electron chi connectivity index (χ2n) is 13.8. The van der Waals surface area contributed by atoms with Gasteiger partial charge in [0.1, 0.15) is 31.4 Å². The van der Waals surface area contributed by atoms with Gasteiger partial charge in [-0.1, -0.05) is 85.8 Å². The minimum absolute atomic E-state index is 0.00247. The maximum Gasteiger partial charge on any atom is 0.410 e. The second-order valence-corrected chi connectivity index (χ2v) is 13.8. The Morgan fingerprint density at radius 2 is 1.45 bits per heavy atom. The van der Waals surface area contributed by atoms with E-state index >= 15 is 0 Å². The molecule has 2 amide bonds. The van der Waals surface area contributed by atoms with Gasteiger partial charge < -0.3 is 24.3 Å². The van der Waals surface area contributed by atoms with E-state index in [2.05, 4.69) is 17.4 Å². The molecule has 2 aliphatic rings. The van der Waals surface area contributed by atoms with E-state index in [0.29, 0.717) is 0 Å². The largest absolute Gasteiger partial charge is 0.462 e. The van der Waals surface area contributed by atoms with Gasteiger partial charge in [0.25, 0.3) is 0 Å². The second kappa shape index (κ2) is 15.2. The van der Waals surface area contributed by atoms with E-state index < -0.39 is 59.7 Å². The first kappa shape index (κ1) is 35.6. The summed E-state index contributed by atoms with van der Waals surface area (Å²) >= 11 is 0. The van der Waals surface area contributed by atoms with Crippen LogP contribution < -0.4 is 5.32 Å². The zero-order chi connectivity index (χ0) is 35.3. The summed E-state index contributed by atoms with van der Waals surface area (Å²) < 4.78 is 23.2. The molecule has 0 spiro atoms. The molecular weight excluding hydrogens is 624 g/mol. The SMILES string of the molecule is CC(=O)O[C@@H](C)[C@H](C)[C@H](NC(=O)[C@@H]1C[C@@H](OC(C)(C)C)CN1C(=O)OCC1c2ccccc2-c2ccccc21)C(=O)OCc1ccccc1. The Hall–Kier alpha value is -4.70. The summed E-state index contributed by atoms with van der Waals surface area (Å²) in [5.41, 5.74) is 4.63. The molecule has 49 heavy (non-hydrogen) atoms. The summed E-state index contributed by atoms with van der Waals surface area (Å²) in [6.07, 6.45) is -1.61. The van der Waals surface area contributed by atoms with E-state index in [1.165, 1.54) is 11.8 Å². The fourth-order valence-electron chi connectivity index (χ4n) is 6.62. The average Bonchev–Trinajstić information content (AvgIpc) is 3.63. The summed E-state index contributed by atoms with van der Waals surface area (Å²) in [7, 11) is 0. The van der Waals surface area contributed by atoms with Gasteiger partial charge in [0, 0.05) is 25.2 Å². The minimum atomic E-state index is -1.17. The van der Waals surface area contributed by atoms with E-state index in [0.717, 1.165) is 27.8 Å². The quantitative estimate of drug-likeness (QED) is 0.195. The highest BCUT2D eigenvalue weighted by atomic mass is 16.6. The Morgan fingerprint density at radius 1 is 0.857 bits per heavy atom. The van der Waals surface area contributed by atoms with Crippen LogP contribution in [-0.2, 0) is 39.9 Å². The van der Waals surface area contributed by atoms with E-state index in [4.69, 9.17) is 18.9 Å². The molecule has 1 saturated heterocycles. The standard InChI is InChI=1S/C39H46N2O8/c1-24(25(2)48-26(3)42)35(37(44)46-22-27-14-8-7-9-15-27)40-36(43)34-20-28(49-39(4,5)6)21-41(34)38(45)47-23-33-31-18-12-10-16-29(31)30-17-11-13-19-32(30)33/h7-19,24-25,28,33-35H,20-23H2,1-6H3,(H,40,43)/t24-,25-,28+,34-,35-/m0/s1. The van der Waals surface area contributed by atoms with Crippen molar-refractivity contribution in [2.24, 2.45) is 5.92 Å². The summed E-state index contributed by atoms with van der Waals surface area (Å²) in [5.74, 6) is -2.56. The van der Waals surface area contributed by atoms with Gasteiger partial charge in [0.05, 0.1) is 18.2 Å². The average molecular weight is 671 g/mol. The van der Waals surface area contributed by atoms with Crippen LogP contribution in [0, 0.1) is 5.92 Å². The normalized spacial score (nSPS) is 18.9. The number of hydrogen-bond acceptors (Lipinski definition) is 8. The molecule has 0 saturated carbocycles. The Kier molecular flexibility index (Phi) is 11.1. The number of likely N-dealkylation sites (tertiary alicyclic amines) is 1. The smallest absolute Gasteiger partial charge is 0.410 e. The molecule has 260 valence electrons. The lowest BCUT2D eigenvalue weighted by atomic mass is 9.95. The Morgan fingerprint density at radius 3 is 2.04 bits per heavy atom. The molecule has 5 rings (SSSR count). The third-order valence-corrected chi connectivity index (χ3v) is 9.05. The fraction of sp³-hybridized carbons (Fsp3) is 0.436. The molecule has 1 aliphatic carbocycles. The summed E-state index contributed by atoms with van der Waals surface area (Å²) in [6, 6.07) is 23.2. The number of ether oxygens (including phenoxy) is 4. The molecule has 1 heterocycles. The van der Waals surface area contributed by atoms with Gasteiger partial charge in [-0.2, -0.15) is 0 Å². The number of carbonyl (C=O) groups is 4. The highest BCUT2D eigenvalue weighted by molar-refractivity contribution is 5.90. The number of benzene rings is 3. The number of fused-ring (bicyclic) bond motifs is 3. The molecule has 1 aliphatic heterocycles. The third-order valence-electron chi connectivity index (χ3n) is 9.05. The molecule has 10 nitrogen and oxygen atoms in total. The Labute approximate surface area is 288 Å². The first-order chi connectivity index (χ1) is 23.3. The molecule has 0 radical (unpaired) electrons. The van der Waals surface area contributed by atoms with Crippen LogP contribution >= 0.6 is 0 Å². The van der Waals surface area contributed by atoms with Crippen LogP contribution in [0.4, 0.5) is 4.79 Å². The molecule has 3 aromatic rings. The lowest BCUT2D eigenvalue weighted by molar-refractivity contribution is -0.157. The maximum atomic E-state index is 14.1. The highest BCUT2D eigenvalue weighted by Crippen LogP contribution is 2.44. The topological polar surface area (TPSA) is 120 Å². The lowest BCUT2D eigenvalue weighted by Gasteiger charge is -2.30. The lowest BCUT2D eigenvalue weighted by Crippen LogP contribution is -2.55. The molecule has 0 unspecified atom stereocenters. The maximum absolute atomic E-state index is 14.1. The molecule has 10 heteroatoms. The van der Waals surface area contributed by atoms with Gasteiger partial charge >= 0.3 is 18.0 Å². The number of amides is 2. The van der Waals surface area contributed by atoms with Crippen LogP contribution in [0.3, 0.4) is 0 Å². The van der Waals surface area contributed by atoms with Crippen molar-refractivity contribution in [1.82, 2.24) is 10.2 Å². The Bertz CT molecular complexity index is 1610. The van der Waals surface area contributed by atoms with Gasteiger partial charge in [-0.25, -0.2) is 9.59 Å². The molecule has 0 aromatic heterocycles. The first-order valence-corrected chi connectivity index (χ1v) is 16.8. The molecular formula is C39H46N2O8. The van der Waals surface area contributed by atoms with E-state index in [-0.39, 0.29) is 32.1 Å². The molecule has 3 aromatic carbocycles. The number of esters is 2. The van der Waals surface area contributed by atoms with Gasteiger partial charge in [-0.15, -0.1) is 0 Å². The summed E-state index contributed by atoms with van der Waals surface area (Å²) in [4.78, 5) is 54.5. The van der Waals surface area contributed by atoms with Crippen molar-refractivity contribution in [3.8, 4) is 11.1 Å². The van der Waals surface area contributed by atoms with Crippen molar-refractivity contribution in [1.29, 1.82) is 0 Å². The molecule has 1 fully saturated rings. The van der Waals surface area contributed by atoms with Crippen molar-refractivity contribution < 1.29 is 38.1 Å². The van der Waals surface area contributed by atoms with Crippen molar-refractivity contribution in [2.75, 3.05) is 13.2 Å². The predicted molar refractivity (Wildman–Crippen MR) is 183 cm³/mol. The number of rotatable bonds is 11. The highest BCUT2D eigenvalue weighted by Gasteiger charge is 2.45. The zero-order valence-corrected chi connectivity index (χ0v) is 29.0. The minimum Gasteiger partial charge on any atom is -0.462 e. The van der Waals surface area contributed by atoms with Crippen molar-refractivity contribution in [2.45, 2.75) is 90.4 Å². The summed E-state index contributed by atoms with van der Waals surface area (Å²) in [5, 5.41) is 2.83. The van der Waals surface area contributed by atoms with Crippen LogP contribution in [0.2, 0.25) is 0 Å². The predicted octanol–water partition coefficient (Wildman–Crippen LogP) is 6.01. The van der Waals surface area contributed by atoms with Gasteiger partial charge in [0.15, 0.2) is 0 Å². The van der Waals surface area contributed by atoms with Crippen LogP contribution in [0.1, 0.15) is 70.6 Å². The fourth-order valence-corrected chi connectivity index (χ4v) is 6.62. The van der Waals surface area contributed by atoms with Crippen molar-refractivity contribution in [3.05, 3.63) is 95.6 Å². The van der Waals surface area contributed by atoms with E-state index in [1.807, 2.05) is 87.5 Å². The third kappa shape index (κ3) is 8.67. The number of hydrogen-bond donors (Lipinski definition) is 1. The molecule has 0 bridgehead atoms. The van der Waals surface area contributed by atoms with Gasteiger partial charge in [0.2, 0.25) is 5.91 Å². The van der Waals surface area contributed by atoms with Crippen molar-refractivity contribution in [3.63, 3.8) is 0 Å². The van der Waals surface area contributed by atoms with Crippen LogP contribution in [0.25, 0.3) is 11.1 Å². The Balaban J connectivity index is 1.34. The van der Waals surface area contributed by atoms with E-state index in [9.17, 15) is 19.2 Å². The van der Waals surface area contributed by atoms with Gasteiger partial charge in [-0.3, -0.25) is 14.5 Å². The number of carbonyl (C=O) groups excluding carboxylic acids is 4. The zero-order valence-electron chi connectivity index (χ0n) is 29.0. The van der Waals surface area contributed by atoms with Crippen molar-refractivity contribution >= 4 is 23.9 Å². The molecule has 5 atom stereocenters.